The van der Waals surface area contributed by atoms with Gasteiger partial charge >= 0.3 is 0 Å². The average molecular weight is 228 g/mol. The van der Waals surface area contributed by atoms with Crippen molar-refractivity contribution in [3.05, 3.63) is 42.0 Å². The Kier molecular flexibility index (Phi) is 4.63. The molecule has 0 N–H and O–H groups in total. The molecule has 1 aromatic rings. The summed E-state index contributed by atoms with van der Waals surface area (Å²) in [5.74, 6) is 0. The van der Waals surface area contributed by atoms with Gasteiger partial charge in [-0.1, -0.05) is 30.4 Å². The van der Waals surface area contributed by atoms with Crippen molar-refractivity contribution in [3.8, 4) is 0 Å². The Balaban J connectivity index is 0.00000112. The summed E-state index contributed by atoms with van der Waals surface area (Å²) in [4.78, 5) is 2.22. The quantitative estimate of drug-likeness (QED) is 0.701. The van der Waals surface area contributed by atoms with Crippen LogP contribution in [0.4, 0.5) is 10.1 Å². The normalized spacial score (nSPS) is 14.9. The maximum absolute atomic E-state index is 12.7. The summed E-state index contributed by atoms with van der Waals surface area (Å²) >= 11 is 0. The first-order valence-corrected chi connectivity index (χ1v) is 4.95. The third kappa shape index (κ3) is 2.72. The maximum atomic E-state index is 12.7. The minimum absolute atomic E-state index is 0. The van der Waals surface area contributed by atoms with Crippen LogP contribution < -0.4 is 4.90 Å². The highest BCUT2D eigenvalue weighted by Crippen LogP contribution is 2.22. The zero-order valence-corrected chi connectivity index (χ0v) is 9.34. The Hall–Kier alpha value is -1.02. The van der Waals surface area contributed by atoms with Crippen LogP contribution in [0, 0.1) is 0 Å². The summed E-state index contributed by atoms with van der Waals surface area (Å²) in [6, 6.07) is 7.70. The number of benzene rings is 1. The number of para-hydroxylation sites is 1. The van der Waals surface area contributed by atoms with Gasteiger partial charge in [0.2, 0.25) is 0 Å². The topological polar surface area (TPSA) is 3.24 Å². The molecule has 0 saturated carbocycles. The van der Waals surface area contributed by atoms with E-state index in [1.54, 1.807) is 0 Å². The third-order valence-electron chi connectivity index (χ3n) is 2.53. The zero-order chi connectivity index (χ0) is 9.80. The van der Waals surface area contributed by atoms with Gasteiger partial charge in [0.25, 0.3) is 0 Å². The molecule has 0 aromatic heterocycles. The lowest BCUT2D eigenvalue weighted by Gasteiger charge is -2.27. The predicted molar refractivity (Wildman–Crippen MR) is 64.5 cm³/mol. The molecule has 82 valence electrons. The highest BCUT2D eigenvalue weighted by molar-refractivity contribution is 5.85. The SMILES string of the molecule is Cl.FCc1ccccc1N1CC=CCC1. The standard InChI is InChI=1S/C12H14FN.ClH/c13-10-11-6-2-3-7-12(11)14-8-4-1-5-9-14;/h1-4,6-7H,5,8-10H2;1H. The minimum atomic E-state index is -0.379. The molecule has 0 saturated heterocycles. The molecule has 1 heterocycles. The first-order valence-electron chi connectivity index (χ1n) is 4.95. The number of hydrogen-bond donors (Lipinski definition) is 0. The van der Waals surface area contributed by atoms with Crippen LogP contribution in [0.15, 0.2) is 36.4 Å². The average Bonchev–Trinajstić information content (AvgIpc) is 2.30. The van der Waals surface area contributed by atoms with Crippen molar-refractivity contribution in [3.63, 3.8) is 0 Å². The smallest absolute Gasteiger partial charge is 0.117 e. The van der Waals surface area contributed by atoms with Gasteiger partial charge in [0.15, 0.2) is 0 Å². The van der Waals surface area contributed by atoms with Crippen molar-refractivity contribution >= 4 is 18.1 Å². The molecule has 1 aliphatic rings. The van der Waals surface area contributed by atoms with Crippen LogP contribution in [0.5, 0.6) is 0 Å². The minimum Gasteiger partial charge on any atom is -0.367 e. The van der Waals surface area contributed by atoms with Gasteiger partial charge in [0.1, 0.15) is 6.67 Å². The second kappa shape index (κ2) is 5.76. The van der Waals surface area contributed by atoms with E-state index in [-0.39, 0.29) is 19.1 Å². The fourth-order valence-corrected chi connectivity index (χ4v) is 1.79. The van der Waals surface area contributed by atoms with Gasteiger partial charge in [0.05, 0.1) is 0 Å². The van der Waals surface area contributed by atoms with E-state index >= 15 is 0 Å². The lowest BCUT2D eigenvalue weighted by Crippen LogP contribution is -2.27. The Morgan fingerprint density at radius 2 is 2.00 bits per heavy atom. The predicted octanol–water partition coefficient (Wildman–Crippen LogP) is 3.34. The van der Waals surface area contributed by atoms with Crippen LogP contribution in [-0.4, -0.2) is 13.1 Å². The largest absolute Gasteiger partial charge is 0.367 e. The van der Waals surface area contributed by atoms with Crippen LogP contribution in [-0.2, 0) is 6.67 Å². The highest BCUT2D eigenvalue weighted by atomic mass is 35.5. The van der Waals surface area contributed by atoms with E-state index < -0.39 is 0 Å². The summed E-state index contributed by atoms with van der Waals surface area (Å²) in [5.41, 5.74) is 1.84. The molecule has 0 radical (unpaired) electrons. The summed E-state index contributed by atoms with van der Waals surface area (Å²) in [7, 11) is 0. The molecule has 0 spiro atoms. The summed E-state index contributed by atoms with van der Waals surface area (Å²) in [6.45, 7) is 1.51. The molecular weight excluding hydrogens is 213 g/mol. The van der Waals surface area contributed by atoms with Crippen LogP contribution in [0.1, 0.15) is 12.0 Å². The fraction of sp³-hybridized carbons (Fsp3) is 0.333. The third-order valence-corrected chi connectivity index (χ3v) is 2.53. The molecule has 1 aromatic carbocycles. The summed E-state index contributed by atoms with van der Waals surface area (Å²) in [6.07, 6.45) is 5.37. The number of hydrogen-bond acceptors (Lipinski definition) is 1. The van der Waals surface area contributed by atoms with Crippen molar-refractivity contribution in [1.29, 1.82) is 0 Å². The van der Waals surface area contributed by atoms with Crippen LogP contribution in [0.2, 0.25) is 0 Å². The number of rotatable bonds is 2. The van der Waals surface area contributed by atoms with E-state index in [1.165, 1.54) is 0 Å². The highest BCUT2D eigenvalue weighted by Gasteiger charge is 2.10. The molecule has 0 bridgehead atoms. The van der Waals surface area contributed by atoms with E-state index in [4.69, 9.17) is 0 Å². The lowest BCUT2D eigenvalue weighted by atomic mass is 10.1. The molecule has 15 heavy (non-hydrogen) atoms. The summed E-state index contributed by atoms with van der Waals surface area (Å²) < 4.78 is 12.7. The zero-order valence-electron chi connectivity index (χ0n) is 8.53. The van der Waals surface area contributed by atoms with Crippen molar-refractivity contribution in [1.82, 2.24) is 0 Å². The second-order valence-corrected chi connectivity index (χ2v) is 3.47. The van der Waals surface area contributed by atoms with Crippen molar-refractivity contribution in [2.24, 2.45) is 0 Å². The molecule has 0 fully saturated rings. The van der Waals surface area contributed by atoms with E-state index in [0.717, 1.165) is 30.8 Å². The number of anilines is 1. The Bertz CT molecular complexity index is 338. The van der Waals surface area contributed by atoms with E-state index in [1.807, 2.05) is 24.3 Å². The number of alkyl halides is 1. The van der Waals surface area contributed by atoms with Gasteiger partial charge in [-0.15, -0.1) is 12.4 Å². The molecule has 1 aliphatic heterocycles. The Morgan fingerprint density at radius 1 is 1.20 bits per heavy atom. The van der Waals surface area contributed by atoms with Crippen LogP contribution in [0.3, 0.4) is 0 Å². The molecule has 0 atom stereocenters. The van der Waals surface area contributed by atoms with Crippen LogP contribution >= 0.6 is 12.4 Å². The van der Waals surface area contributed by atoms with E-state index in [9.17, 15) is 4.39 Å². The molecule has 0 unspecified atom stereocenters. The van der Waals surface area contributed by atoms with E-state index in [2.05, 4.69) is 17.1 Å². The fourth-order valence-electron chi connectivity index (χ4n) is 1.79. The van der Waals surface area contributed by atoms with Crippen molar-refractivity contribution in [2.45, 2.75) is 13.1 Å². The molecule has 2 rings (SSSR count). The van der Waals surface area contributed by atoms with Gasteiger partial charge in [-0.3, -0.25) is 0 Å². The first-order chi connectivity index (χ1) is 6.92. The van der Waals surface area contributed by atoms with Gasteiger partial charge < -0.3 is 4.90 Å². The van der Waals surface area contributed by atoms with Gasteiger partial charge in [-0.05, 0) is 12.5 Å². The van der Waals surface area contributed by atoms with Gasteiger partial charge in [-0.2, -0.15) is 0 Å². The number of nitrogens with zero attached hydrogens (tertiary/aromatic N) is 1. The second-order valence-electron chi connectivity index (χ2n) is 3.47. The molecule has 0 aliphatic carbocycles. The van der Waals surface area contributed by atoms with Crippen molar-refractivity contribution in [2.75, 3.05) is 18.0 Å². The summed E-state index contributed by atoms with van der Waals surface area (Å²) in [5, 5.41) is 0. The van der Waals surface area contributed by atoms with Gasteiger partial charge in [-0.25, -0.2) is 4.39 Å². The first kappa shape index (κ1) is 12.1. The Morgan fingerprint density at radius 3 is 2.67 bits per heavy atom. The lowest BCUT2D eigenvalue weighted by molar-refractivity contribution is 0.485. The Labute approximate surface area is 96.0 Å². The van der Waals surface area contributed by atoms with Gasteiger partial charge in [0, 0.05) is 24.3 Å². The monoisotopic (exact) mass is 227 g/mol. The molecular formula is C12H15ClFN. The molecule has 0 amide bonds. The van der Waals surface area contributed by atoms with Crippen LogP contribution in [0.25, 0.3) is 0 Å². The molecule has 1 nitrogen and oxygen atoms in total. The van der Waals surface area contributed by atoms with E-state index in [0.29, 0.717) is 0 Å². The molecule has 3 heteroatoms. The van der Waals surface area contributed by atoms with Crippen molar-refractivity contribution < 1.29 is 4.39 Å². The number of halogens is 2. The maximum Gasteiger partial charge on any atom is 0.117 e.